The molecule has 0 saturated carbocycles. The molecule has 1 aliphatic heterocycles. The van der Waals surface area contributed by atoms with Crippen LogP contribution in [0.2, 0.25) is 5.02 Å². The number of ketones is 1. The Morgan fingerprint density at radius 3 is 1.73 bits per heavy atom. The quantitative estimate of drug-likeness (QED) is 0.0825. The molecule has 1 N–H and O–H groups in total. The number of amides is 1. The van der Waals surface area contributed by atoms with Gasteiger partial charge in [-0.3, -0.25) is 9.59 Å². The van der Waals surface area contributed by atoms with Gasteiger partial charge in [0.1, 0.15) is 5.76 Å². The monoisotopic (exact) mass is 580 g/mol. The lowest BCUT2D eigenvalue weighted by Crippen LogP contribution is -2.30. The van der Waals surface area contributed by atoms with Crippen LogP contribution in [0, 0.1) is 0 Å². The Bertz CT molecular complexity index is 1130. The van der Waals surface area contributed by atoms with Crippen molar-refractivity contribution < 1.29 is 14.7 Å². The number of likely N-dealkylation sites (tertiary alicyclic amines) is 1. The minimum Gasteiger partial charge on any atom is -0.507 e. The first-order valence-corrected chi connectivity index (χ1v) is 16.0. The van der Waals surface area contributed by atoms with Gasteiger partial charge in [-0.1, -0.05) is 114 Å². The van der Waals surface area contributed by atoms with Crippen molar-refractivity contribution in [3.05, 3.63) is 70.3 Å². The summed E-state index contributed by atoms with van der Waals surface area (Å²) in [5.41, 5.74) is 2.45. The molecule has 41 heavy (non-hydrogen) atoms. The summed E-state index contributed by atoms with van der Waals surface area (Å²) in [5.74, 6) is -1.34. The Hall–Kier alpha value is -2.79. The van der Waals surface area contributed by atoms with E-state index in [1.54, 1.807) is 29.2 Å². The molecule has 1 amide bonds. The molecule has 0 radical (unpaired) electrons. The van der Waals surface area contributed by atoms with E-state index in [0.717, 1.165) is 30.5 Å². The van der Waals surface area contributed by atoms with E-state index >= 15 is 0 Å². The number of Topliss-reactive ketones (excluding diaryl/α,β-unsaturated/α-hetero) is 1. The first-order chi connectivity index (χ1) is 19.8. The number of aliphatic hydroxyl groups is 1. The summed E-state index contributed by atoms with van der Waals surface area (Å²) < 4.78 is 0. The third kappa shape index (κ3) is 9.63. The lowest BCUT2D eigenvalue weighted by atomic mass is 9.95. The van der Waals surface area contributed by atoms with Crippen LogP contribution in [0.3, 0.4) is 0 Å². The van der Waals surface area contributed by atoms with Gasteiger partial charge in [-0.15, -0.1) is 0 Å². The van der Waals surface area contributed by atoms with Crippen LogP contribution >= 0.6 is 11.6 Å². The number of carbonyl (C=O) groups excluding carboxylic acids is 2. The van der Waals surface area contributed by atoms with Crippen molar-refractivity contribution in [3.8, 4) is 0 Å². The topological polar surface area (TPSA) is 60.9 Å². The van der Waals surface area contributed by atoms with Crippen molar-refractivity contribution >= 4 is 34.7 Å². The largest absolute Gasteiger partial charge is 0.507 e. The number of unbranched alkanes of at least 4 members (excludes halogenated alkanes) is 13. The van der Waals surface area contributed by atoms with Gasteiger partial charge in [0.25, 0.3) is 11.7 Å². The molecule has 5 nitrogen and oxygen atoms in total. The SMILES string of the molecule is CCCCCCCCCCCCCCCCN1C(=O)C(=O)C(=C(O)c2ccc(Cl)cc2)[C@H]1c1ccc(N(C)C)cc1. The summed E-state index contributed by atoms with van der Waals surface area (Å²) in [6.45, 7) is 2.75. The molecule has 6 heteroatoms. The summed E-state index contributed by atoms with van der Waals surface area (Å²) >= 11 is 6.04. The van der Waals surface area contributed by atoms with E-state index in [2.05, 4.69) is 6.92 Å². The van der Waals surface area contributed by atoms with E-state index in [1.807, 2.05) is 43.3 Å². The molecule has 1 atom stereocenters. The van der Waals surface area contributed by atoms with Crippen LogP contribution in [-0.2, 0) is 9.59 Å². The average molecular weight is 581 g/mol. The Labute approximate surface area is 252 Å². The number of benzene rings is 2. The van der Waals surface area contributed by atoms with Crippen LogP contribution in [0.15, 0.2) is 54.1 Å². The number of hydrogen-bond donors (Lipinski definition) is 1. The van der Waals surface area contributed by atoms with Gasteiger partial charge in [0.05, 0.1) is 11.6 Å². The molecule has 0 aromatic heterocycles. The molecule has 2 aromatic rings. The minimum absolute atomic E-state index is 0.139. The molecule has 0 bridgehead atoms. The van der Waals surface area contributed by atoms with Gasteiger partial charge in [0, 0.05) is 36.9 Å². The fraction of sp³-hybridized carbons (Fsp3) is 0.543. The first-order valence-electron chi connectivity index (χ1n) is 15.7. The van der Waals surface area contributed by atoms with Crippen molar-refractivity contribution in [2.24, 2.45) is 0 Å². The fourth-order valence-corrected chi connectivity index (χ4v) is 5.78. The van der Waals surface area contributed by atoms with Gasteiger partial charge in [-0.25, -0.2) is 0 Å². The third-order valence-corrected chi connectivity index (χ3v) is 8.39. The van der Waals surface area contributed by atoms with Gasteiger partial charge < -0.3 is 14.9 Å². The summed E-state index contributed by atoms with van der Waals surface area (Å²) in [4.78, 5) is 30.1. The average Bonchev–Trinajstić information content (AvgIpc) is 3.22. The Morgan fingerprint density at radius 1 is 0.756 bits per heavy atom. The molecular weight excluding hydrogens is 532 g/mol. The number of nitrogens with zero attached hydrogens (tertiary/aromatic N) is 2. The van der Waals surface area contributed by atoms with Crippen LogP contribution in [0.25, 0.3) is 5.76 Å². The van der Waals surface area contributed by atoms with Gasteiger partial charge in [-0.2, -0.15) is 0 Å². The second-order valence-electron chi connectivity index (χ2n) is 11.6. The van der Waals surface area contributed by atoms with Crippen molar-refractivity contribution in [2.75, 3.05) is 25.5 Å². The number of carbonyl (C=O) groups is 2. The van der Waals surface area contributed by atoms with E-state index in [-0.39, 0.29) is 11.3 Å². The van der Waals surface area contributed by atoms with Crippen LogP contribution in [-0.4, -0.2) is 42.3 Å². The Morgan fingerprint density at radius 2 is 1.24 bits per heavy atom. The van der Waals surface area contributed by atoms with Crippen LogP contribution in [0.5, 0.6) is 0 Å². The molecule has 0 aliphatic carbocycles. The van der Waals surface area contributed by atoms with Crippen molar-refractivity contribution in [3.63, 3.8) is 0 Å². The molecule has 1 aliphatic rings. The first kappa shape index (κ1) is 32.7. The summed E-state index contributed by atoms with van der Waals surface area (Å²) in [6.07, 6.45) is 17.7. The zero-order valence-electron chi connectivity index (χ0n) is 25.3. The second kappa shape index (κ2) is 17.2. The number of hydrogen-bond acceptors (Lipinski definition) is 4. The highest BCUT2D eigenvalue weighted by Crippen LogP contribution is 2.40. The van der Waals surface area contributed by atoms with E-state index in [4.69, 9.17) is 11.6 Å². The fourth-order valence-electron chi connectivity index (χ4n) is 5.65. The summed E-state index contributed by atoms with van der Waals surface area (Å²) in [5, 5.41) is 11.8. The predicted molar refractivity (Wildman–Crippen MR) is 172 cm³/mol. The summed E-state index contributed by atoms with van der Waals surface area (Å²) in [7, 11) is 3.94. The van der Waals surface area contributed by atoms with Gasteiger partial charge in [0.2, 0.25) is 0 Å². The van der Waals surface area contributed by atoms with Gasteiger partial charge in [0.15, 0.2) is 0 Å². The summed E-state index contributed by atoms with van der Waals surface area (Å²) in [6, 6.07) is 13.9. The molecule has 1 saturated heterocycles. The van der Waals surface area contributed by atoms with E-state index < -0.39 is 17.7 Å². The number of aliphatic hydroxyl groups excluding tert-OH is 1. The Balaban J connectivity index is 1.57. The standard InChI is InChI=1S/C35H49ClN2O3/c1-4-5-6-7-8-9-10-11-12-13-14-15-16-17-26-38-32(27-20-24-30(25-21-27)37(2)3)31(34(40)35(38)41)33(39)28-18-22-29(36)23-19-28/h18-25,32,39H,4-17,26H2,1-3H3/t32-/m1/s1. The molecule has 3 rings (SSSR count). The smallest absolute Gasteiger partial charge is 0.295 e. The maximum Gasteiger partial charge on any atom is 0.295 e. The van der Waals surface area contributed by atoms with Crippen LogP contribution in [0.1, 0.15) is 114 Å². The molecule has 224 valence electrons. The van der Waals surface area contributed by atoms with Crippen LogP contribution < -0.4 is 4.90 Å². The molecule has 1 fully saturated rings. The lowest BCUT2D eigenvalue weighted by molar-refractivity contribution is -0.139. The highest BCUT2D eigenvalue weighted by molar-refractivity contribution is 6.46. The van der Waals surface area contributed by atoms with Gasteiger partial charge >= 0.3 is 0 Å². The van der Waals surface area contributed by atoms with Crippen molar-refractivity contribution in [2.45, 2.75) is 103 Å². The number of rotatable bonds is 18. The van der Waals surface area contributed by atoms with E-state index in [0.29, 0.717) is 17.1 Å². The van der Waals surface area contributed by atoms with E-state index in [1.165, 1.54) is 70.6 Å². The van der Waals surface area contributed by atoms with Crippen LogP contribution in [0.4, 0.5) is 5.69 Å². The maximum atomic E-state index is 13.3. The van der Waals surface area contributed by atoms with E-state index in [9.17, 15) is 14.7 Å². The minimum atomic E-state index is -0.635. The zero-order valence-corrected chi connectivity index (χ0v) is 26.1. The number of anilines is 1. The normalized spacial score (nSPS) is 16.5. The van der Waals surface area contributed by atoms with Gasteiger partial charge in [-0.05, 0) is 48.4 Å². The van der Waals surface area contributed by atoms with Crippen molar-refractivity contribution in [1.82, 2.24) is 4.90 Å². The molecule has 0 unspecified atom stereocenters. The highest BCUT2D eigenvalue weighted by atomic mass is 35.5. The second-order valence-corrected chi connectivity index (χ2v) is 12.0. The van der Waals surface area contributed by atoms with Crippen molar-refractivity contribution in [1.29, 1.82) is 0 Å². The predicted octanol–water partition coefficient (Wildman–Crippen LogP) is 9.31. The molecular formula is C35H49ClN2O3. The molecule has 0 spiro atoms. The molecule has 2 aromatic carbocycles. The zero-order chi connectivity index (χ0) is 29.6. The number of halogens is 1. The third-order valence-electron chi connectivity index (χ3n) is 8.14. The lowest BCUT2D eigenvalue weighted by Gasteiger charge is -2.26. The highest BCUT2D eigenvalue weighted by Gasteiger charge is 2.45. The maximum absolute atomic E-state index is 13.3. The molecule has 1 heterocycles. The Kier molecular flexibility index (Phi) is 13.8.